The second kappa shape index (κ2) is 7.82. The van der Waals surface area contributed by atoms with Crippen LogP contribution in [0.25, 0.3) is 0 Å². The summed E-state index contributed by atoms with van der Waals surface area (Å²) in [5, 5.41) is 11.4. The number of aromatic nitrogens is 3. The Balaban J connectivity index is 1.61. The fourth-order valence-electron chi connectivity index (χ4n) is 3.33. The van der Waals surface area contributed by atoms with Gasteiger partial charge in [-0.1, -0.05) is 11.6 Å². The lowest BCUT2D eigenvalue weighted by Crippen LogP contribution is -2.38. The van der Waals surface area contributed by atoms with Crippen molar-refractivity contribution < 1.29 is 9.32 Å². The first-order chi connectivity index (χ1) is 12.0. The predicted molar refractivity (Wildman–Crippen MR) is 94.7 cm³/mol. The average Bonchev–Trinajstić information content (AvgIpc) is 3.11. The highest BCUT2D eigenvalue weighted by molar-refractivity contribution is 5.93. The van der Waals surface area contributed by atoms with Crippen molar-refractivity contribution in [3.8, 4) is 0 Å². The van der Waals surface area contributed by atoms with E-state index < -0.39 is 0 Å². The molecule has 0 atom stereocenters. The van der Waals surface area contributed by atoms with E-state index in [2.05, 4.69) is 20.5 Å². The summed E-state index contributed by atoms with van der Waals surface area (Å²) >= 11 is 0. The van der Waals surface area contributed by atoms with Gasteiger partial charge in [-0.3, -0.25) is 9.48 Å². The van der Waals surface area contributed by atoms with Crippen LogP contribution in [-0.4, -0.2) is 51.9 Å². The summed E-state index contributed by atoms with van der Waals surface area (Å²) in [5.41, 5.74) is 3.17. The molecule has 25 heavy (non-hydrogen) atoms. The van der Waals surface area contributed by atoms with Gasteiger partial charge in [-0.05, 0) is 52.8 Å². The monoisotopic (exact) mass is 345 g/mol. The van der Waals surface area contributed by atoms with E-state index in [0.29, 0.717) is 24.5 Å². The average molecular weight is 345 g/mol. The molecule has 0 aromatic carbocycles. The standard InChI is InChI=1S/C18H27N5O2/c1-13-11-14(2)23(20-13)12-16-15(3)25-21-17(16)18(24)19-7-10-22-8-5-4-6-9-22/h11H,4-10,12H2,1-3H3,(H,19,24). The van der Waals surface area contributed by atoms with Crippen LogP contribution >= 0.6 is 0 Å². The summed E-state index contributed by atoms with van der Waals surface area (Å²) in [6.07, 6.45) is 3.82. The molecule has 3 rings (SSSR count). The maximum Gasteiger partial charge on any atom is 0.273 e. The number of hydrogen-bond acceptors (Lipinski definition) is 5. The fraction of sp³-hybridized carbons (Fsp3) is 0.611. The molecule has 0 saturated carbocycles. The number of nitrogens with zero attached hydrogens (tertiary/aromatic N) is 4. The lowest BCUT2D eigenvalue weighted by atomic mass is 10.1. The molecule has 2 aromatic rings. The van der Waals surface area contributed by atoms with Crippen molar-refractivity contribution in [2.75, 3.05) is 26.2 Å². The number of piperidine rings is 1. The molecule has 1 fully saturated rings. The Kier molecular flexibility index (Phi) is 5.53. The quantitative estimate of drug-likeness (QED) is 0.867. The first-order valence-corrected chi connectivity index (χ1v) is 9.01. The van der Waals surface area contributed by atoms with E-state index in [1.807, 2.05) is 31.5 Å². The predicted octanol–water partition coefficient (Wildman–Crippen LogP) is 2.06. The molecule has 3 heterocycles. The van der Waals surface area contributed by atoms with Gasteiger partial charge in [0, 0.05) is 24.3 Å². The Bertz CT molecular complexity index is 728. The van der Waals surface area contributed by atoms with Gasteiger partial charge in [0.1, 0.15) is 5.76 Å². The zero-order valence-corrected chi connectivity index (χ0v) is 15.3. The first kappa shape index (κ1) is 17.7. The Morgan fingerprint density at radius 1 is 1.24 bits per heavy atom. The molecule has 7 nitrogen and oxygen atoms in total. The van der Waals surface area contributed by atoms with Gasteiger partial charge in [0.05, 0.1) is 12.2 Å². The molecular formula is C18H27N5O2. The topological polar surface area (TPSA) is 76.2 Å². The second-order valence-corrected chi connectivity index (χ2v) is 6.81. The van der Waals surface area contributed by atoms with E-state index >= 15 is 0 Å². The van der Waals surface area contributed by atoms with E-state index in [-0.39, 0.29) is 5.91 Å². The van der Waals surface area contributed by atoms with Crippen molar-refractivity contribution >= 4 is 5.91 Å². The van der Waals surface area contributed by atoms with Gasteiger partial charge >= 0.3 is 0 Å². The molecule has 1 amide bonds. The van der Waals surface area contributed by atoms with Crippen LogP contribution in [0, 0.1) is 20.8 Å². The van der Waals surface area contributed by atoms with Crippen molar-refractivity contribution in [2.24, 2.45) is 0 Å². The number of carbonyl (C=O) groups is 1. The molecule has 136 valence electrons. The molecule has 7 heteroatoms. The van der Waals surface area contributed by atoms with Crippen LogP contribution < -0.4 is 5.32 Å². The highest BCUT2D eigenvalue weighted by atomic mass is 16.5. The molecule has 0 bridgehead atoms. The first-order valence-electron chi connectivity index (χ1n) is 9.01. The minimum atomic E-state index is -0.176. The molecule has 1 N–H and O–H groups in total. The highest BCUT2D eigenvalue weighted by Gasteiger charge is 2.21. The summed E-state index contributed by atoms with van der Waals surface area (Å²) in [6, 6.07) is 2.02. The molecule has 0 aliphatic carbocycles. The summed E-state index contributed by atoms with van der Waals surface area (Å²) in [4.78, 5) is 14.9. The van der Waals surface area contributed by atoms with Gasteiger partial charge in [-0.15, -0.1) is 0 Å². The molecular weight excluding hydrogens is 318 g/mol. The van der Waals surface area contributed by atoms with Crippen LogP contribution in [-0.2, 0) is 6.54 Å². The van der Waals surface area contributed by atoms with Crippen LogP contribution in [0.15, 0.2) is 10.6 Å². The van der Waals surface area contributed by atoms with Crippen molar-refractivity contribution in [1.82, 2.24) is 25.2 Å². The zero-order chi connectivity index (χ0) is 17.8. The lowest BCUT2D eigenvalue weighted by Gasteiger charge is -2.26. The van der Waals surface area contributed by atoms with Gasteiger partial charge in [0.15, 0.2) is 5.69 Å². The molecule has 1 saturated heterocycles. The zero-order valence-electron chi connectivity index (χ0n) is 15.3. The number of aryl methyl sites for hydroxylation is 3. The Hall–Kier alpha value is -2.15. The minimum Gasteiger partial charge on any atom is -0.361 e. The molecule has 0 radical (unpaired) electrons. The number of hydrogen-bond donors (Lipinski definition) is 1. The fourth-order valence-corrected chi connectivity index (χ4v) is 3.33. The van der Waals surface area contributed by atoms with Crippen molar-refractivity contribution in [2.45, 2.75) is 46.6 Å². The van der Waals surface area contributed by atoms with Crippen LogP contribution in [0.5, 0.6) is 0 Å². The van der Waals surface area contributed by atoms with Gasteiger partial charge in [0.25, 0.3) is 5.91 Å². The maximum atomic E-state index is 12.5. The molecule has 1 aliphatic rings. The van der Waals surface area contributed by atoms with Crippen molar-refractivity contribution in [3.63, 3.8) is 0 Å². The normalized spacial score (nSPS) is 15.5. The smallest absolute Gasteiger partial charge is 0.273 e. The highest BCUT2D eigenvalue weighted by Crippen LogP contribution is 2.16. The van der Waals surface area contributed by atoms with Crippen molar-refractivity contribution in [1.29, 1.82) is 0 Å². The molecule has 0 unspecified atom stereocenters. The Morgan fingerprint density at radius 2 is 2.00 bits per heavy atom. The largest absolute Gasteiger partial charge is 0.361 e. The Labute approximate surface area is 148 Å². The van der Waals surface area contributed by atoms with Crippen molar-refractivity contribution in [3.05, 3.63) is 34.5 Å². The number of amides is 1. The number of rotatable bonds is 6. The molecule has 0 spiro atoms. The van der Waals surface area contributed by atoms with Crippen LogP contribution in [0.3, 0.4) is 0 Å². The number of carbonyl (C=O) groups excluding carboxylic acids is 1. The third kappa shape index (κ3) is 4.28. The van der Waals surface area contributed by atoms with Crippen LogP contribution in [0.1, 0.15) is 52.5 Å². The second-order valence-electron chi connectivity index (χ2n) is 6.81. The third-order valence-electron chi connectivity index (χ3n) is 4.77. The van der Waals surface area contributed by atoms with E-state index in [0.717, 1.165) is 36.6 Å². The van der Waals surface area contributed by atoms with E-state index in [9.17, 15) is 4.79 Å². The summed E-state index contributed by atoms with van der Waals surface area (Å²) < 4.78 is 7.14. The van der Waals surface area contributed by atoms with Gasteiger partial charge in [-0.2, -0.15) is 5.10 Å². The lowest BCUT2D eigenvalue weighted by molar-refractivity contribution is 0.0936. The van der Waals surface area contributed by atoms with Crippen LogP contribution in [0.4, 0.5) is 0 Å². The van der Waals surface area contributed by atoms with Crippen LogP contribution in [0.2, 0.25) is 0 Å². The summed E-state index contributed by atoms with van der Waals surface area (Å²) in [7, 11) is 0. The molecule has 2 aromatic heterocycles. The SMILES string of the molecule is Cc1cc(C)n(Cc2c(C(=O)NCCN3CCCCC3)noc2C)n1. The number of nitrogens with one attached hydrogen (secondary N) is 1. The maximum absolute atomic E-state index is 12.5. The van der Waals surface area contributed by atoms with E-state index in [1.165, 1.54) is 19.3 Å². The number of likely N-dealkylation sites (tertiary alicyclic amines) is 1. The minimum absolute atomic E-state index is 0.176. The van der Waals surface area contributed by atoms with E-state index in [4.69, 9.17) is 4.52 Å². The molecule has 1 aliphatic heterocycles. The third-order valence-corrected chi connectivity index (χ3v) is 4.77. The van der Waals surface area contributed by atoms with Gasteiger partial charge < -0.3 is 14.7 Å². The summed E-state index contributed by atoms with van der Waals surface area (Å²) in [6.45, 7) is 10.0. The summed E-state index contributed by atoms with van der Waals surface area (Å²) in [5.74, 6) is 0.485. The van der Waals surface area contributed by atoms with E-state index in [1.54, 1.807) is 0 Å². The van der Waals surface area contributed by atoms with Gasteiger partial charge in [-0.25, -0.2) is 0 Å². The Morgan fingerprint density at radius 3 is 2.68 bits per heavy atom. The van der Waals surface area contributed by atoms with Gasteiger partial charge in [0.2, 0.25) is 0 Å².